The molecule has 0 spiro atoms. The monoisotopic (exact) mass is 760 g/mol. The van der Waals surface area contributed by atoms with Crippen LogP contribution in [0.1, 0.15) is 267 Å². The molecule has 1 aliphatic heterocycles. The van der Waals surface area contributed by atoms with E-state index in [1.807, 2.05) is 0 Å². The number of piperidine rings is 1. The third-order valence-electron chi connectivity index (χ3n) is 13.6. The highest BCUT2D eigenvalue weighted by molar-refractivity contribution is 5.76. The minimum atomic E-state index is -0.448. The van der Waals surface area contributed by atoms with E-state index in [1.165, 1.54) is 199 Å². The number of unbranched alkanes of at least 4 members (excludes halogenated alkanes) is 16. The highest BCUT2D eigenvalue weighted by Gasteiger charge is 2.41. The SMILES string of the molecule is CCCCC(CCCC)CCCCCCCCCC(CCCCCCCCCC(CCCC)CCCC)OC(=O)C(C)(C)CC(C)(C)C1CCCN(C)C1. The van der Waals surface area contributed by atoms with E-state index in [4.69, 9.17) is 4.74 Å². The van der Waals surface area contributed by atoms with Crippen LogP contribution in [0, 0.1) is 28.6 Å². The Bertz CT molecular complexity index is 796. The summed E-state index contributed by atoms with van der Waals surface area (Å²) < 4.78 is 6.50. The summed E-state index contributed by atoms with van der Waals surface area (Å²) in [7, 11) is 2.25. The van der Waals surface area contributed by atoms with Crippen LogP contribution in [0.4, 0.5) is 0 Å². The highest BCUT2D eigenvalue weighted by atomic mass is 16.5. The van der Waals surface area contributed by atoms with Gasteiger partial charge in [0.2, 0.25) is 0 Å². The van der Waals surface area contributed by atoms with Crippen molar-refractivity contribution < 1.29 is 9.53 Å². The van der Waals surface area contributed by atoms with Gasteiger partial charge in [0.15, 0.2) is 0 Å². The average Bonchev–Trinajstić information content (AvgIpc) is 3.14. The number of rotatable bonds is 37. The molecule has 54 heavy (non-hydrogen) atoms. The summed E-state index contributed by atoms with van der Waals surface area (Å²) in [6, 6.07) is 0. The summed E-state index contributed by atoms with van der Waals surface area (Å²) in [6.45, 7) is 20.8. The molecule has 0 aliphatic carbocycles. The van der Waals surface area contributed by atoms with Crippen LogP contribution in [-0.4, -0.2) is 37.1 Å². The normalized spacial score (nSPS) is 16.0. The quantitative estimate of drug-likeness (QED) is 0.0467. The van der Waals surface area contributed by atoms with Gasteiger partial charge in [0.05, 0.1) is 5.41 Å². The molecule has 3 nitrogen and oxygen atoms in total. The van der Waals surface area contributed by atoms with Crippen LogP contribution in [0.15, 0.2) is 0 Å². The predicted octanol–water partition coefficient (Wildman–Crippen LogP) is 16.7. The van der Waals surface area contributed by atoms with Gasteiger partial charge < -0.3 is 9.64 Å². The molecule has 1 unspecified atom stereocenters. The van der Waals surface area contributed by atoms with E-state index in [2.05, 4.69) is 67.3 Å². The first-order valence-corrected chi connectivity index (χ1v) is 24.9. The Morgan fingerprint density at radius 1 is 0.556 bits per heavy atom. The highest BCUT2D eigenvalue weighted by Crippen LogP contribution is 2.43. The van der Waals surface area contributed by atoms with Crippen molar-refractivity contribution in [1.29, 1.82) is 0 Å². The van der Waals surface area contributed by atoms with Gasteiger partial charge in [-0.25, -0.2) is 0 Å². The lowest BCUT2D eigenvalue weighted by Crippen LogP contribution is -2.43. The molecule has 1 fully saturated rings. The van der Waals surface area contributed by atoms with E-state index < -0.39 is 5.41 Å². The van der Waals surface area contributed by atoms with Gasteiger partial charge in [-0.15, -0.1) is 0 Å². The van der Waals surface area contributed by atoms with Gasteiger partial charge in [-0.05, 0) is 95.6 Å². The molecular weight excluding hydrogens is 659 g/mol. The van der Waals surface area contributed by atoms with E-state index >= 15 is 0 Å². The fourth-order valence-electron chi connectivity index (χ4n) is 9.95. The van der Waals surface area contributed by atoms with E-state index in [0.717, 1.165) is 37.6 Å². The summed E-state index contributed by atoms with van der Waals surface area (Å²) in [5.74, 6) is 2.65. The van der Waals surface area contributed by atoms with Gasteiger partial charge in [-0.2, -0.15) is 0 Å². The lowest BCUT2D eigenvalue weighted by molar-refractivity contribution is -0.163. The average molecular weight is 760 g/mol. The van der Waals surface area contributed by atoms with Crippen LogP contribution < -0.4 is 0 Å². The molecule has 0 radical (unpaired) electrons. The Kier molecular flexibility index (Phi) is 30.9. The fourth-order valence-corrected chi connectivity index (χ4v) is 9.95. The molecule has 322 valence electrons. The van der Waals surface area contributed by atoms with Gasteiger partial charge >= 0.3 is 5.97 Å². The van der Waals surface area contributed by atoms with Crippen molar-refractivity contribution in [1.82, 2.24) is 4.90 Å². The zero-order valence-corrected chi connectivity index (χ0v) is 38.8. The number of ether oxygens (including phenoxy) is 1. The fraction of sp³-hybridized carbons (Fsp3) is 0.980. The number of esters is 1. The Balaban J connectivity index is 2.53. The zero-order valence-electron chi connectivity index (χ0n) is 38.8. The predicted molar refractivity (Wildman–Crippen MR) is 240 cm³/mol. The van der Waals surface area contributed by atoms with Crippen LogP contribution >= 0.6 is 0 Å². The Labute approximate surface area is 341 Å². The number of hydrogen-bond acceptors (Lipinski definition) is 3. The minimum Gasteiger partial charge on any atom is -0.462 e. The number of carbonyl (C=O) groups is 1. The molecule has 0 aromatic rings. The van der Waals surface area contributed by atoms with Crippen LogP contribution in [0.5, 0.6) is 0 Å². The molecule has 1 atom stereocenters. The van der Waals surface area contributed by atoms with Gasteiger partial charge in [-0.3, -0.25) is 4.79 Å². The standard InChI is InChI=1S/C51H101NO2/c1-10-14-33-45(34-15-11-2)37-28-24-20-18-22-26-30-40-48(41-31-27-23-19-21-25-29-38-46(35-16-12-3)36-17-13-4)54-49(53)51(7,8)44-50(5,6)47-39-32-42-52(9)43-47/h45-48H,10-44H2,1-9H3. The Hall–Kier alpha value is -0.570. The van der Waals surface area contributed by atoms with E-state index in [-0.39, 0.29) is 17.5 Å². The lowest BCUT2D eigenvalue weighted by Gasteiger charge is -2.43. The molecule has 0 N–H and O–H groups in total. The summed E-state index contributed by atoms with van der Waals surface area (Å²) in [5.41, 5.74) is -0.319. The summed E-state index contributed by atoms with van der Waals surface area (Å²) in [6.07, 6.45) is 44.2. The van der Waals surface area contributed by atoms with Crippen molar-refractivity contribution in [3.05, 3.63) is 0 Å². The number of carbonyl (C=O) groups excluding carboxylic acids is 1. The molecule has 1 aliphatic rings. The Morgan fingerprint density at radius 3 is 1.28 bits per heavy atom. The van der Waals surface area contributed by atoms with E-state index in [9.17, 15) is 4.79 Å². The third-order valence-corrected chi connectivity index (χ3v) is 13.6. The van der Waals surface area contributed by atoms with Gasteiger partial charge in [0.1, 0.15) is 6.10 Å². The molecule has 0 aromatic carbocycles. The first-order chi connectivity index (χ1) is 26.0. The van der Waals surface area contributed by atoms with Crippen molar-refractivity contribution in [3.8, 4) is 0 Å². The van der Waals surface area contributed by atoms with Gasteiger partial charge in [0, 0.05) is 6.54 Å². The van der Waals surface area contributed by atoms with E-state index in [0.29, 0.717) is 5.92 Å². The molecule has 0 bridgehead atoms. The number of hydrogen-bond donors (Lipinski definition) is 0. The molecule has 1 heterocycles. The van der Waals surface area contributed by atoms with Crippen molar-refractivity contribution in [2.24, 2.45) is 28.6 Å². The Morgan fingerprint density at radius 2 is 0.907 bits per heavy atom. The van der Waals surface area contributed by atoms with Crippen LogP contribution in [0.2, 0.25) is 0 Å². The van der Waals surface area contributed by atoms with Crippen molar-refractivity contribution in [2.75, 3.05) is 20.1 Å². The molecule has 3 heteroatoms. The second kappa shape index (κ2) is 32.4. The molecule has 1 rings (SSSR count). The summed E-state index contributed by atoms with van der Waals surface area (Å²) in [4.78, 5) is 16.3. The molecule has 0 saturated carbocycles. The number of likely N-dealkylation sites (tertiary alicyclic amines) is 1. The van der Waals surface area contributed by atoms with E-state index in [1.54, 1.807) is 0 Å². The maximum atomic E-state index is 13.9. The van der Waals surface area contributed by atoms with Crippen molar-refractivity contribution >= 4 is 5.97 Å². The smallest absolute Gasteiger partial charge is 0.311 e. The second-order valence-electron chi connectivity index (χ2n) is 20.1. The molecular formula is C51H101NO2. The minimum absolute atomic E-state index is 0.0529. The number of nitrogens with zero attached hydrogens (tertiary/aromatic N) is 1. The van der Waals surface area contributed by atoms with Gasteiger partial charge in [0.25, 0.3) is 0 Å². The zero-order chi connectivity index (χ0) is 39.9. The van der Waals surface area contributed by atoms with Crippen molar-refractivity contribution in [2.45, 2.75) is 273 Å². The van der Waals surface area contributed by atoms with Crippen molar-refractivity contribution in [3.63, 3.8) is 0 Å². The van der Waals surface area contributed by atoms with Crippen LogP contribution in [0.3, 0.4) is 0 Å². The van der Waals surface area contributed by atoms with Crippen LogP contribution in [0.25, 0.3) is 0 Å². The lowest BCUT2D eigenvalue weighted by atomic mass is 9.66. The maximum Gasteiger partial charge on any atom is 0.311 e. The topological polar surface area (TPSA) is 29.5 Å². The van der Waals surface area contributed by atoms with Gasteiger partial charge in [-0.1, -0.05) is 208 Å². The summed E-state index contributed by atoms with van der Waals surface area (Å²) in [5, 5.41) is 0. The second-order valence-corrected chi connectivity index (χ2v) is 20.1. The maximum absolute atomic E-state index is 13.9. The molecule has 1 saturated heterocycles. The molecule has 0 aromatic heterocycles. The first kappa shape index (κ1) is 51.4. The largest absolute Gasteiger partial charge is 0.462 e. The first-order valence-electron chi connectivity index (χ1n) is 24.9. The summed E-state index contributed by atoms with van der Waals surface area (Å²) >= 11 is 0. The van der Waals surface area contributed by atoms with Crippen LogP contribution in [-0.2, 0) is 9.53 Å². The third kappa shape index (κ3) is 25.6. The molecule has 0 amide bonds.